The molecule has 1 aliphatic rings. The molecule has 4 nitrogen and oxygen atoms in total. The number of benzene rings is 1. The number of hydrogen-bond donors (Lipinski definition) is 0. The molecule has 20 heavy (non-hydrogen) atoms. The Balaban J connectivity index is 0.00000147. The molecule has 0 bridgehead atoms. The van der Waals surface area contributed by atoms with Crippen molar-refractivity contribution in [1.82, 2.24) is 9.78 Å². The van der Waals surface area contributed by atoms with Crippen molar-refractivity contribution < 1.29 is 9.47 Å². The maximum Gasteiger partial charge on any atom is 0.194 e. The predicted molar refractivity (Wildman–Crippen MR) is 79.0 cm³/mol. The van der Waals surface area contributed by atoms with Crippen molar-refractivity contribution in [2.75, 3.05) is 13.2 Å². The Morgan fingerprint density at radius 2 is 1.90 bits per heavy atom. The molecule has 1 unspecified atom stereocenters. The number of hydrogen-bond acceptors (Lipinski definition) is 3. The van der Waals surface area contributed by atoms with Crippen LogP contribution in [0.2, 0.25) is 0 Å². The molecular weight excluding hydrogens is 276 g/mol. The monoisotopic (exact) mass is 294 g/mol. The minimum absolute atomic E-state index is 0. The maximum atomic E-state index is 5.95. The van der Waals surface area contributed by atoms with Crippen molar-refractivity contribution >= 4 is 12.4 Å². The van der Waals surface area contributed by atoms with E-state index in [-0.39, 0.29) is 18.3 Å². The van der Waals surface area contributed by atoms with Crippen LogP contribution in [0.4, 0.5) is 0 Å². The van der Waals surface area contributed by atoms with Crippen LogP contribution < -0.4 is 0 Å². The number of rotatable bonds is 4. The third kappa shape index (κ3) is 2.87. The van der Waals surface area contributed by atoms with Crippen LogP contribution in [0.15, 0.2) is 48.8 Å². The van der Waals surface area contributed by atoms with Crippen LogP contribution in [0.5, 0.6) is 0 Å². The smallest absolute Gasteiger partial charge is 0.194 e. The molecule has 0 radical (unpaired) electrons. The van der Waals surface area contributed by atoms with Crippen LogP contribution in [0.3, 0.4) is 0 Å². The van der Waals surface area contributed by atoms with E-state index in [9.17, 15) is 0 Å². The summed E-state index contributed by atoms with van der Waals surface area (Å²) in [5.74, 6) is -0.465. The summed E-state index contributed by atoms with van der Waals surface area (Å²) >= 11 is 0. The molecule has 5 heteroatoms. The van der Waals surface area contributed by atoms with Gasteiger partial charge in [-0.15, -0.1) is 12.4 Å². The second kappa shape index (κ2) is 6.39. The number of ether oxygens (including phenoxy) is 2. The summed E-state index contributed by atoms with van der Waals surface area (Å²) in [6, 6.07) is 12.2. The Kier molecular flexibility index (Phi) is 4.81. The van der Waals surface area contributed by atoms with Crippen molar-refractivity contribution in [3.8, 4) is 0 Å². The highest BCUT2D eigenvalue weighted by Gasteiger charge is 2.43. The van der Waals surface area contributed by atoms with Crippen LogP contribution in [-0.4, -0.2) is 28.8 Å². The molecule has 1 aliphatic heterocycles. The first kappa shape index (κ1) is 15.0. The lowest BCUT2D eigenvalue weighted by atomic mass is 9.92. The summed E-state index contributed by atoms with van der Waals surface area (Å²) in [5.41, 5.74) is 1.22. The molecular formula is C15H19ClN2O2. The van der Waals surface area contributed by atoms with Gasteiger partial charge in [0, 0.05) is 18.3 Å². The average molecular weight is 295 g/mol. The van der Waals surface area contributed by atoms with E-state index in [1.807, 2.05) is 35.1 Å². The lowest BCUT2D eigenvalue weighted by Crippen LogP contribution is -2.41. The Labute approximate surface area is 125 Å². The zero-order valence-electron chi connectivity index (χ0n) is 11.4. The molecule has 0 spiro atoms. The van der Waals surface area contributed by atoms with Gasteiger partial charge in [-0.2, -0.15) is 5.10 Å². The highest BCUT2D eigenvalue weighted by atomic mass is 35.5. The van der Waals surface area contributed by atoms with Gasteiger partial charge in [0.2, 0.25) is 0 Å². The molecule has 0 aliphatic carbocycles. The highest BCUT2D eigenvalue weighted by Crippen LogP contribution is 2.36. The largest absolute Gasteiger partial charge is 0.345 e. The van der Waals surface area contributed by atoms with Gasteiger partial charge < -0.3 is 9.47 Å². The number of halogens is 1. The van der Waals surface area contributed by atoms with Crippen molar-refractivity contribution in [3.05, 3.63) is 54.4 Å². The molecule has 3 rings (SSSR count). The molecule has 0 saturated carbocycles. The van der Waals surface area contributed by atoms with Crippen LogP contribution in [0.1, 0.15) is 18.4 Å². The molecule has 1 fully saturated rings. The zero-order valence-corrected chi connectivity index (χ0v) is 12.3. The second-order valence-corrected chi connectivity index (χ2v) is 4.84. The third-order valence-electron chi connectivity index (χ3n) is 3.68. The molecule has 1 saturated heterocycles. The fourth-order valence-electron chi connectivity index (χ4n) is 2.56. The normalized spacial score (nSPS) is 18.4. The first-order valence-corrected chi connectivity index (χ1v) is 6.60. The molecule has 2 heterocycles. The van der Waals surface area contributed by atoms with Gasteiger partial charge in [0.15, 0.2) is 5.79 Å². The van der Waals surface area contributed by atoms with E-state index in [0.717, 1.165) is 0 Å². The van der Waals surface area contributed by atoms with Crippen LogP contribution in [0.25, 0.3) is 0 Å². The van der Waals surface area contributed by atoms with Crippen molar-refractivity contribution in [3.63, 3.8) is 0 Å². The van der Waals surface area contributed by atoms with E-state index in [0.29, 0.717) is 19.8 Å². The van der Waals surface area contributed by atoms with Gasteiger partial charge in [0.25, 0.3) is 0 Å². The van der Waals surface area contributed by atoms with Crippen LogP contribution >= 0.6 is 12.4 Å². The quantitative estimate of drug-likeness (QED) is 0.870. The van der Waals surface area contributed by atoms with Gasteiger partial charge in [0.1, 0.15) is 0 Å². The molecule has 0 N–H and O–H groups in total. The Bertz CT molecular complexity index is 510. The number of aromatic nitrogens is 2. The maximum absolute atomic E-state index is 5.95. The van der Waals surface area contributed by atoms with Crippen LogP contribution in [-0.2, 0) is 16.0 Å². The topological polar surface area (TPSA) is 36.3 Å². The molecule has 1 aromatic heterocycles. The first-order valence-electron chi connectivity index (χ1n) is 6.60. The minimum atomic E-state index is -0.618. The van der Waals surface area contributed by atoms with Crippen molar-refractivity contribution in [1.29, 1.82) is 0 Å². The SMILES string of the molecule is CC(c1ccccc1)C1(Cn2cccn2)OCCO1.Cl. The summed E-state index contributed by atoms with van der Waals surface area (Å²) in [5, 5.41) is 4.26. The van der Waals surface area contributed by atoms with E-state index in [1.165, 1.54) is 5.56 Å². The summed E-state index contributed by atoms with van der Waals surface area (Å²) in [4.78, 5) is 0. The molecule has 0 amide bonds. The first-order chi connectivity index (χ1) is 9.30. The van der Waals surface area contributed by atoms with Gasteiger partial charge >= 0.3 is 0 Å². The van der Waals surface area contributed by atoms with Crippen molar-refractivity contribution in [2.45, 2.75) is 25.2 Å². The highest BCUT2D eigenvalue weighted by molar-refractivity contribution is 5.85. The lowest BCUT2D eigenvalue weighted by molar-refractivity contribution is -0.183. The Morgan fingerprint density at radius 3 is 2.50 bits per heavy atom. The number of nitrogens with zero attached hydrogens (tertiary/aromatic N) is 2. The van der Waals surface area contributed by atoms with E-state index >= 15 is 0 Å². The fourth-order valence-corrected chi connectivity index (χ4v) is 2.56. The second-order valence-electron chi connectivity index (χ2n) is 4.84. The van der Waals surface area contributed by atoms with E-state index in [1.54, 1.807) is 6.20 Å². The average Bonchev–Trinajstić information content (AvgIpc) is 3.12. The third-order valence-corrected chi connectivity index (χ3v) is 3.68. The lowest BCUT2D eigenvalue weighted by Gasteiger charge is -2.33. The molecule has 1 aromatic carbocycles. The Morgan fingerprint density at radius 1 is 1.20 bits per heavy atom. The van der Waals surface area contributed by atoms with E-state index in [4.69, 9.17) is 9.47 Å². The van der Waals surface area contributed by atoms with Gasteiger partial charge in [-0.05, 0) is 11.6 Å². The van der Waals surface area contributed by atoms with E-state index < -0.39 is 5.79 Å². The Hall–Kier alpha value is -1.36. The van der Waals surface area contributed by atoms with E-state index in [2.05, 4.69) is 24.2 Å². The molecule has 2 aromatic rings. The summed E-state index contributed by atoms with van der Waals surface area (Å²) in [7, 11) is 0. The van der Waals surface area contributed by atoms with Crippen LogP contribution in [0, 0.1) is 0 Å². The summed E-state index contributed by atoms with van der Waals surface area (Å²) in [6.45, 7) is 4.02. The van der Waals surface area contributed by atoms with Gasteiger partial charge in [-0.25, -0.2) is 0 Å². The van der Waals surface area contributed by atoms with Gasteiger partial charge in [-0.3, -0.25) is 4.68 Å². The van der Waals surface area contributed by atoms with Gasteiger partial charge in [0.05, 0.1) is 19.8 Å². The van der Waals surface area contributed by atoms with Crippen molar-refractivity contribution in [2.24, 2.45) is 0 Å². The van der Waals surface area contributed by atoms with Gasteiger partial charge in [-0.1, -0.05) is 37.3 Å². The molecule has 1 atom stereocenters. The zero-order chi connectivity index (χ0) is 13.1. The standard InChI is InChI=1S/C15H18N2O2.ClH/c1-13(14-6-3-2-4-7-14)15(18-10-11-19-15)12-17-9-5-8-16-17;/h2-9,13H,10-12H2,1H3;1H. The fraction of sp³-hybridized carbons (Fsp3) is 0.400. The minimum Gasteiger partial charge on any atom is -0.345 e. The summed E-state index contributed by atoms with van der Waals surface area (Å²) < 4.78 is 13.8. The predicted octanol–water partition coefficient (Wildman–Crippen LogP) is 2.85. The molecule has 108 valence electrons. The summed E-state index contributed by atoms with van der Waals surface area (Å²) in [6.07, 6.45) is 3.71.